The maximum atomic E-state index is 12.4. The highest BCUT2D eigenvalue weighted by atomic mass is 32.2. The Hall–Kier alpha value is -1.63. The SMILES string of the molecule is CNC(=O)[C@H]1CCCCN1C(=O)CSc1nc(C)cc(C)n1. The van der Waals surface area contributed by atoms with E-state index in [-0.39, 0.29) is 23.6 Å². The molecule has 0 unspecified atom stereocenters. The number of nitrogens with one attached hydrogen (secondary N) is 1. The average molecular weight is 322 g/mol. The van der Waals surface area contributed by atoms with Crippen molar-refractivity contribution in [3.8, 4) is 0 Å². The number of carbonyl (C=O) groups excluding carboxylic acids is 2. The fourth-order valence-corrected chi connectivity index (χ4v) is 3.47. The van der Waals surface area contributed by atoms with E-state index in [1.54, 1.807) is 11.9 Å². The number of hydrogen-bond acceptors (Lipinski definition) is 5. The molecule has 2 heterocycles. The number of rotatable bonds is 4. The normalized spacial score (nSPS) is 18.1. The van der Waals surface area contributed by atoms with Gasteiger partial charge in [-0.1, -0.05) is 11.8 Å². The topological polar surface area (TPSA) is 75.2 Å². The van der Waals surface area contributed by atoms with Gasteiger partial charge >= 0.3 is 0 Å². The second-order valence-corrected chi connectivity index (χ2v) is 6.38. The number of carbonyl (C=O) groups is 2. The fourth-order valence-electron chi connectivity index (χ4n) is 2.64. The predicted molar refractivity (Wildman–Crippen MR) is 85.6 cm³/mol. The number of likely N-dealkylation sites (N-methyl/N-ethyl adjacent to an activating group) is 1. The standard InChI is InChI=1S/C15H22N4O2S/c1-10-8-11(2)18-15(17-10)22-9-13(20)19-7-5-4-6-12(19)14(21)16-3/h8,12H,4-7,9H2,1-3H3,(H,16,21)/t12-/m1/s1. The molecule has 7 heteroatoms. The van der Waals surface area contributed by atoms with Gasteiger partial charge in [0.25, 0.3) is 0 Å². The van der Waals surface area contributed by atoms with Gasteiger partial charge in [-0.25, -0.2) is 9.97 Å². The molecular formula is C15H22N4O2S. The van der Waals surface area contributed by atoms with E-state index in [0.29, 0.717) is 11.7 Å². The first kappa shape index (κ1) is 16.7. The number of hydrogen-bond donors (Lipinski definition) is 1. The van der Waals surface area contributed by atoms with E-state index in [4.69, 9.17) is 0 Å². The molecule has 0 radical (unpaired) electrons. The first-order valence-corrected chi connectivity index (χ1v) is 8.46. The second-order valence-electron chi connectivity index (χ2n) is 5.43. The van der Waals surface area contributed by atoms with Gasteiger partial charge in [0.2, 0.25) is 11.8 Å². The maximum absolute atomic E-state index is 12.4. The molecule has 0 aromatic carbocycles. The summed E-state index contributed by atoms with van der Waals surface area (Å²) in [7, 11) is 1.61. The van der Waals surface area contributed by atoms with Crippen LogP contribution in [0.15, 0.2) is 11.2 Å². The van der Waals surface area contributed by atoms with E-state index in [9.17, 15) is 9.59 Å². The van der Waals surface area contributed by atoms with Gasteiger partial charge < -0.3 is 10.2 Å². The quantitative estimate of drug-likeness (QED) is 0.668. The predicted octanol–water partition coefficient (Wildman–Crippen LogP) is 1.31. The minimum Gasteiger partial charge on any atom is -0.357 e. The van der Waals surface area contributed by atoms with Crippen LogP contribution in [0.3, 0.4) is 0 Å². The van der Waals surface area contributed by atoms with Crippen molar-refractivity contribution in [1.29, 1.82) is 0 Å². The van der Waals surface area contributed by atoms with Crippen molar-refractivity contribution < 1.29 is 9.59 Å². The molecule has 1 aliphatic rings. The molecular weight excluding hydrogens is 300 g/mol. The third-order valence-corrected chi connectivity index (χ3v) is 4.49. The van der Waals surface area contributed by atoms with Crippen LogP contribution >= 0.6 is 11.8 Å². The van der Waals surface area contributed by atoms with Crippen molar-refractivity contribution in [2.75, 3.05) is 19.3 Å². The molecule has 6 nitrogen and oxygen atoms in total. The maximum Gasteiger partial charge on any atom is 0.242 e. The molecule has 0 aliphatic carbocycles. The van der Waals surface area contributed by atoms with Crippen molar-refractivity contribution >= 4 is 23.6 Å². The lowest BCUT2D eigenvalue weighted by molar-refractivity contribution is -0.140. The van der Waals surface area contributed by atoms with Gasteiger partial charge in [0.05, 0.1) is 5.75 Å². The number of amides is 2. The van der Waals surface area contributed by atoms with Crippen LogP contribution in [0.4, 0.5) is 0 Å². The van der Waals surface area contributed by atoms with Crippen LogP contribution in [-0.2, 0) is 9.59 Å². The summed E-state index contributed by atoms with van der Waals surface area (Å²) in [5.74, 6) is 0.151. The number of aromatic nitrogens is 2. The van der Waals surface area contributed by atoms with Crippen LogP contribution in [0, 0.1) is 13.8 Å². The average Bonchev–Trinajstić information content (AvgIpc) is 2.51. The van der Waals surface area contributed by atoms with Crippen molar-refractivity contribution in [2.24, 2.45) is 0 Å². The zero-order valence-corrected chi connectivity index (χ0v) is 14.1. The molecule has 1 N–H and O–H groups in total. The zero-order chi connectivity index (χ0) is 16.1. The summed E-state index contributed by atoms with van der Waals surface area (Å²) in [6.07, 6.45) is 2.66. The summed E-state index contributed by atoms with van der Waals surface area (Å²) in [4.78, 5) is 34.7. The van der Waals surface area contributed by atoms with Gasteiger partial charge in [-0.15, -0.1) is 0 Å². The highest BCUT2D eigenvalue weighted by Crippen LogP contribution is 2.20. The van der Waals surface area contributed by atoms with E-state index >= 15 is 0 Å². The summed E-state index contributed by atoms with van der Waals surface area (Å²) in [5, 5.41) is 3.25. The van der Waals surface area contributed by atoms with Gasteiger partial charge in [-0.3, -0.25) is 9.59 Å². The van der Waals surface area contributed by atoms with E-state index in [2.05, 4.69) is 15.3 Å². The Morgan fingerprint density at radius 3 is 2.64 bits per heavy atom. The Morgan fingerprint density at radius 2 is 2.00 bits per heavy atom. The van der Waals surface area contributed by atoms with Crippen molar-refractivity contribution in [3.05, 3.63) is 17.5 Å². The molecule has 1 saturated heterocycles. The molecule has 22 heavy (non-hydrogen) atoms. The molecule has 2 rings (SSSR count). The van der Waals surface area contributed by atoms with E-state index in [1.807, 2.05) is 19.9 Å². The van der Waals surface area contributed by atoms with Crippen molar-refractivity contribution in [2.45, 2.75) is 44.3 Å². The zero-order valence-electron chi connectivity index (χ0n) is 13.3. The minimum absolute atomic E-state index is 0.0268. The summed E-state index contributed by atoms with van der Waals surface area (Å²) >= 11 is 1.33. The van der Waals surface area contributed by atoms with Crippen LogP contribution in [0.25, 0.3) is 0 Å². The van der Waals surface area contributed by atoms with Crippen LogP contribution in [-0.4, -0.2) is 52.1 Å². The Morgan fingerprint density at radius 1 is 1.32 bits per heavy atom. The number of aryl methyl sites for hydroxylation is 2. The van der Waals surface area contributed by atoms with Crippen LogP contribution in [0.1, 0.15) is 30.7 Å². The molecule has 0 bridgehead atoms. The highest BCUT2D eigenvalue weighted by Gasteiger charge is 2.31. The van der Waals surface area contributed by atoms with Crippen LogP contribution < -0.4 is 5.32 Å². The van der Waals surface area contributed by atoms with Gasteiger partial charge in [-0.2, -0.15) is 0 Å². The number of likely N-dealkylation sites (tertiary alicyclic amines) is 1. The minimum atomic E-state index is -0.341. The lowest BCUT2D eigenvalue weighted by Crippen LogP contribution is -2.51. The third kappa shape index (κ3) is 4.19. The van der Waals surface area contributed by atoms with Gasteiger partial charge in [0.1, 0.15) is 6.04 Å². The molecule has 2 amide bonds. The van der Waals surface area contributed by atoms with Crippen LogP contribution in [0.5, 0.6) is 0 Å². The summed E-state index contributed by atoms with van der Waals surface area (Å²) in [6.45, 7) is 4.46. The number of piperidine rings is 1. The second kappa shape index (κ2) is 7.58. The summed E-state index contributed by atoms with van der Waals surface area (Å²) in [5.41, 5.74) is 1.78. The lowest BCUT2D eigenvalue weighted by Gasteiger charge is -2.34. The largest absolute Gasteiger partial charge is 0.357 e. The molecule has 120 valence electrons. The number of nitrogens with zero attached hydrogens (tertiary/aromatic N) is 3. The Kier molecular flexibility index (Phi) is 5.76. The lowest BCUT2D eigenvalue weighted by atomic mass is 10.0. The fraction of sp³-hybridized carbons (Fsp3) is 0.600. The van der Waals surface area contributed by atoms with E-state index in [0.717, 1.165) is 30.7 Å². The molecule has 1 aliphatic heterocycles. The summed E-state index contributed by atoms with van der Waals surface area (Å²) < 4.78 is 0. The van der Waals surface area contributed by atoms with Gasteiger partial charge in [0, 0.05) is 25.0 Å². The molecule has 1 fully saturated rings. The first-order chi connectivity index (χ1) is 10.5. The Bertz CT molecular complexity index is 544. The Labute approximate surface area is 135 Å². The highest BCUT2D eigenvalue weighted by molar-refractivity contribution is 7.99. The third-order valence-electron chi connectivity index (χ3n) is 3.66. The smallest absolute Gasteiger partial charge is 0.242 e. The number of thioether (sulfide) groups is 1. The monoisotopic (exact) mass is 322 g/mol. The van der Waals surface area contributed by atoms with E-state index < -0.39 is 0 Å². The van der Waals surface area contributed by atoms with Gasteiger partial charge in [0.15, 0.2) is 5.16 Å². The summed E-state index contributed by atoms with van der Waals surface area (Å²) in [6, 6.07) is 1.56. The van der Waals surface area contributed by atoms with Crippen LogP contribution in [0.2, 0.25) is 0 Å². The first-order valence-electron chi connectivity index (χ1n) is 7.47. The molecule has 0 spiro atoms. The van der Waals surface area contributed by atoms with E-state index in [1.165, 1.54) is 11.8 Å². The van der Waals surface area contributed by atoms with Crippen molar-refractivity contribution in [3.63, 3.8) is 0 Å². The molecule has 0 saturated carbocycles. The molecule has 1 aromatic rings. The molecule has 1 aromatic heterocycles. The van der Waals surface area contributed by atoms with Crippen molar-refractivity contribution in [1.82, 2.24) is 20.2 Å². The van der Waals surface area contributed by atoms with Gasteiger partial charge in [-0.05, 0) is 39.2 Å². The Balaban J connectivity index is 1.99. The molecule has 1 atom stereocenters.